The molecule has 0 atom stereocenters. The van der Waals surface area contributed by atoms with Crippen molar-refractivity contribution in [3.63, 3.8) is 0 Å². The van der Waals surface area contributed by atoms with E-state index in [1.165, 1.54) is 0 Å². The minimum atomic E-state index is -5.74. The molecule has 7 heteroatoms. The number of phenolic OH excluding ortho intramolecular Hbond substituents is 1. The molecule has 0 amide bonds. The molecule has 1 N–H and O–H groups in total. The van der Waals surface area contributed by atoms with Crippen molar-refractivity contribution in [1.29, 1.82) is 0 Å². The van der Waals surface area contributed by atoms with Crippen molar-refractivity contribution in [3.8, 4) is 5.75 Å². The molecule has 0 aliphatic rings. The van der Waals surface area contributed by atoms with Crippen LogP contribution in [0.1, 0.15) is 1.43 Å². The summed E-state index contributed by atoms with van der Waals surface area (Å²) < 4.78 is 60.8. The molecule has 1 nitrogen and oxygen atoms in total. The Morgan fingerprint density at radius 2 is 1.54 bits per heavy atom. The lowest BCUT2D eigenvalue weighted by Gasteiger charge is -2.17. The molecular weight excluding hydrogens is 194 g/mol. The molecule has 0 unspecified atom stereocenters. The van der Waals surface area contributed by atoms with E-state index in [-0.39, 0.29) is 1.43 Å². The van der Waals surface area contributed by atoms with Crippen molar-refractivity contribution in [2.75, 3.05) is 0 Å². The standard InChI is InChI=1S/C6H3BF5O/c8-3-1-2-4(9)6(13)5(3)7(10,11)12/h1-2,13H/q-1/p+1. The van der Waals surface area contributed by atoms with E-state index in [1.54, 1.807) is 0 Å². The SMILES string of the molecule is Oc1c(F)ccc(F)c1[B-](F)(F)F.[H+]. The Balaban J connectivity index is 0.00000169. The van der Waals surface area contributed by atoms with Gasteiger partial charge in [0.1, 0.15) is 5.75 Å². The van der Waals surface area contributed by atoms with Gasteiger partial charge in [-0.15, -0.1) is 0 Å². The highest BCUT2D eigenvalue weighted by Crippen LogP contribution is 2.21. The minimum absolute atomic E-state index is 0. The molecule has 0 aliphatic carbocycles. The molecule has 72 valence electrons. The van der Waals surface area contributed by atoms with Crippen molar-refractivity contribution < 1.29 is 28.3 Å². The summed E-state index contributed by atoms with van der Waals surface area (Å²) >= 11 is 0. The van der Waals surface area contributed by atoms with Crippen molar-refractivity contribution in [2.45, 2.75) is 0 Å². The van der Waals surface area contributed by atoms with Gasteiger partial charge in [0.25, 0.3) is 0 Å². The van der Waals surface area contributed by atoms with Crippen molar-refractivity contribution in [1.82, 2.24) is 0 Å². The molecule has 0 radical (unpaired) electrons. The van der Waals surface area contributed by atoms with Gasteiger partial charge in [0, 0.05) is 0 Å². The highest BCUT2D eigenvalue weighted by Gasteiger charge is 2.33. The Bertz CT molecular complexity index is 340. The molecule has 0 saturated heterocycles. The summed E-state index contributed by atoms with van der Waals surface area (Å²) in [6, 6.07) is 0.746. The first kappa shape index (κ1) is 9.82. The normalized spacial score (nSPS) is 11.8. The molecule has 0 heterocycles. The van der Waals surface area contributed by atoms with E-state index < -0.39 is 29.8 Å². The lowest BCUT2D eigenvalue weighted by atomic mass is 9.79. The molecule has 0 bridgehead atoms. The number of benzene rings is 1. The second-order valence-corrected chi connectivity index (χ2v) is 2.37. The number of halogens is 5. The molecule has 1 aromatic rings. The molecule has 0 fully saturated rings. The summed E-state index contributed by atoms with van der Waals surface area (Å²) in [6.07, 6.45) is 0. The van der Waals surface area contributed by atoms with Crippen LogP contribution in [-0.4, -0.2) is 12.1 Å². The predicted octanol–water partition coefficient (Wildman–Crippen LogP) is 1.84. The second-order valence-electron chi connectivity index (χ2n) is 2.37. The molecular formula is C6H4BF5O. The maximum atomic E-state index is 12.5. The fraction of sp³-hybridized carbons (Fsp3) is 0. The van der Waals surface area contributed by atoms with Gasteiger partial charge in [-0.05, 0) is 17.6 Å². The lowest BCUT2D eigenvalue weighted by Crippen LogP contribution is -2.37. The van der Waals surface area contributed by atoms with E-state index in [4.69, 9.17) is 5.11 Å². The Kier molecular flexibility index (Phi) is 2.19. The average Bonchev–Trinajstić information content (AvgIpc) is 1.95. The van der Waals surface area contributed by atoms with Crippen LogP contribution in [0.2, 0.25) is 0 Å². The van der Waals surface area contributed by atoms with E-state index >= 15 is 0 Å². The van der Waals surface area contributed by atoms with Gasteiger partial charge in [0.05, 0.1) is 5.82 Å². The Morgan fingerprint density at radius 3 is 1.92 bits per heavy atom. The van der Waals surface area contributed by atoms with E-state index in [0.717, 1.165) is 0 Å². The maximum absolute atomic E-state index is 12.5. The first-order valence-corrected chi connectivity index (χ1v) is 3.21. The van der Waals surface area contributed by atoms with E-state index in [0.29, 0.717) is 12.1 Å². The quantitative estimate of drug-likeness (QED) is 0.539. The zero-order valence-electron chi connectivity index (χ0n) is 7.07. The highest BCUT2D eigenvalue weighted by atomic mass is 19.4. The zero-order valence-corrected chi connectivity index (χ0v) is 6.07. The summed E-state index contributed by atoms with van der Waals surface area (Å²) in [5.74, 6) is -4.85. The van der Waals surface area contributed by atoms with E-state index in [1.807, 2.05) is 0 Å². The molecule has 0 spiro atoms. The third-order valence-electron chi connectivity index (χ3n) is 1.44. The predicted molar refractivity (Wildman–Crippen MR) is 37.8 cm³/mol. The van der Waals surface area contributed by atoms with Gasteiger partial charge in [-0.2, -0.15) is 0 Å². The van der Waals surface area contributed by atoms with E-state index in [2.05, 4.69) is 0 Å². The first-order chi connectivity index (χ1) is 5.84. The number of hydrogen-bond donors (Lipinski definition) is 1. The van der Waals surface area contributed by atoms with Crippen molar-refractivity contribution in [3.05, 3.63) is 23.8 Å². The molecule has 13 heavy (non-hydrogen) atoms. The van der Waals surface area contributed by atoms with Crippen LogP contribution in [0.4, 0.5) is 21.7 Å². The lowest BCUT2D eigenvalue weighted by molar-refractivity contribution is 0.422. The number of aromatic hydroxyl groups is 1. The van der Waals surface area contributed by atoms with Crippen LogP contribution < -0.4 is 5.46 Å². The fourth-order valence-corrected chi connectivity index (χ4v) is 0.868. The number of hydrogen-bond acceptors (Lipinski definition) is 1. The fourth-order valence-electron chi connectivity index (χ4n) is 0.868. The largest absolute Gasteiger partial charge is 1.00 e. The topological polar surface area (TPSA) is 20.2 Å². The third kappa shape index (κ3) is 1.73. The van der Waals surface area contributed by atoms with E-state index in [9.17, 15) is 21.7 Å². The maximum Gasteiger partial charge on any atom is 1.00 e. The van der Waals surface area contributed by atoms with Gasteiger partial charge in [-0.1, -0.05) is 0 Å². The molecule has 1 aromatic carbocycles. The summed E-state index contributed by atoms with van der Waals surface area (Å²) in [6.45, 7) is -5.74. The number of phenols is 1. The summed E-state index contributed by atoms with van der Waals surface area (Å²) in [7, 11) is 0. The first-order valence-electron chi connectivity index (χ1n) is 3.21. The van der Waals surface area contributed by atoms with Crippen molar-refractivity contribution in [2.24, 2.45) is 0 Å². The average molecular weight is 198 g/mol. The monoisotopic (exact) mass is 198 g/mol. The van der Waals surface area contributed by atoms with Crippen LogP contribution in [0.15, 0.2) is 12.1 Å². The zero-order chi connectivity index (χ0) is 10.2. The Labute approximate surface area is 71.3 Å². The van der Waals surface area contributed by atoms with Crippen LogP contribution in [0.3, 0.4) is 0 Å². The summed E-state index contributed by atoms with van der Waals surface area (Å²) in [5, 5.41) is 8.59. The summed E-state index contributed by atoms with van der Waals surface area (Å²) in [4.78, 5) is 0. The Hall–Kier alpha value is -1.27. The molecule has 1 rings (SSSR count). The smallest absolute Gasteiger partial charge is 0.508 e. The van der Waals surface area contributed by atoms with Crippen LogP contribution in [0, 0.1) is 11.6 Å². The third-order valence-corrected chi connectivity index (χ3v) is 1.44. The second kappa shape index (κ2) is 2.90. The minimum Gasteiger partial charge on any atom is -0.508 e. The van der Waals surface area contributed by atoms with Crippen LogP contribution in [0.5, 0.6) is 5.75 Å². The van der Waals surface area contributed by atoms with Crippen molar-refractivity contribution >= 4 is 12.4 Å². The van der Waals surface area contributed by atoms with Crippen LogP contribution in [-0.2, 0) is 0 Å². The summed E-state index contributed by atoms with van der Waals surface area (Å²) in [5.41, 5.74) is -1.92. The Morgan fingerprint density at radius 1 is 1.08 bits per heavy atom. The molecule has 0 aliphatic heterocycles. The highest BCUT2D eigenvalue weighted by molar-refractivity contribution is 6.74. The van der Waals surface area contributed by atoms with Gasteiger partial charge >= 0.3 is 8.40 Å². The molecule has 0 saturated carbocycles. The molecule has 0 aromatic heterocycles. The van der Waals surface area contributed by atoms with Gasteiger partial charge in [0.2, 0.25) is 0 Å². The number of rotatable bonds is 1. The van der Waals surface area contributed by atoms with Gasteiger partial charge < -0.3 is 18.1 Å². The van der Waals surface area contributed by atoms with Crippen LogP contribution in [0.25, 0.3) is 0 Å². The van der Waals surface area contributed by atoms with Crippen LogP contribution >= 0.6 is 0 Å². The van der Waals surface area contributed by atoms with Gasteiger partial charge in [-0.25, -0.2) is 8.78 Å². The van der Waals surface area contributed by atoms with Gasteiger partial charge in [-0.3, -0.25) is 0 Å². The van der Waals surface area contributed by atoms with Gasteiger partial charge in [0.15, 0.2) is 5.82 Å².